The van der Waals surface area contributed by atoms with Gasteiger partial charge in [-0.1, -0.05) is 12.1 Å². The maximum atomic E-state index is 12.1. The Morgan fingerprint density at radius 3 is 2.84 bits per heavy atom. The Kier molecular flexibility index (Phi) is 3.88. The van der Waals surface area contributed by atoms with Gasteiger partial charge in [-0.3, -0.25) is 9.59 Å². The average Bonchev–Trinajstić information content (AvgIpc) is 2.75. The normalized spacial score (nSPS) is 18.8. The Balaban J connectivity index is 2.20. The maximum absolute atomic E-state index is 12.1. The molecule has 1 saturated heterocycles. The number of carbonyl (C=O) groups excluding carboxylic acids is 2. The fourth-order valence-electron chi connectivity index (χ4n) is 2.39. The molecule has 1 aromatic carbocycles. The van der Waals surface area contributed by atoms with Crippen molar-refractivity contribution in [3.05, 3.63) is 29.3 Å². The Morgan fingerprint density at radius 1 is 1.42 bits per heavy atom. The Morgan fingerprint density at radius 2 is 2.16 bits per heavy atom. The lowest BCUT2D eigenvalue weighted by Gasteiger charge is -2.20. The van der Waals surface area contributed by atoms with Crippen molar-refractivity contribution < 1.29 is 14.3 Å². The molecule has 102 valence electrons. The molecule has 0 N–H and O–H groups in total. The van der Waals surface area contributed by atoms with Gasteiger partial charge in [0.25, 0.3) is 0 Å². The smallest absolute Gasteiger partial charge is 0.311 e. The van der Waals surface area contributed by atoms with E-state index in [-0.39, 0.29) is 24.2 Å². The van der Waals surface area contributed by atoms with E-state index in [0.29, 0.717) is 13.2 Å². The van der Waals surface area contributed by atoms with Gasteiger partial charge in [0.15, 0.2) is 0 Å². The Bertz CT molecular complexity index is 510. The molecule has 1 aliphatic heterocycles. The van der Waals surface area contributed by atoms with Crippen LogP contribution >= 0.6 is 0 Å². The summed E-state index contributed by atoms with van der Waals surface area (Å²) in [6.07, 6.45) is 0.242. The SMILES string of the molecule is CCOC(=O)[C@@H]1CC(=O)N(c2cccc(C)c2C)C1. The zero-order chi connectivity index (χ0) is 14.0. The van der Waals surface area contributed by atoms with E-state index < -0.39 is 0 Å². The van der Waals surface area contributed by atoms with Crippen LogP contribution in [0.15, 0.2) is 18.2 Å². The van der Waals surface area contributed by atoms with Crippen molar-refractivity contribution in [2.45, 2.75) is 27.2 Å². The molecule has 0 aromatic heterocycles. The van der Waals surface area contributed by atoms with Gasteiger partial charge in [0.1, 0.15) is 0 Å². The molecule has 0 spiro atoms. The minimum atomic E-state index is -0.340. The molecule has 1 atom stereocenters. The number of benzene rings is 1. The topological polar surface area (TPSA) is 46.6 Å². The van der Waals surface area contributed by atoms with Crippen molar-refractivity contribution >= 4 is 17.6 Å². The van der Waals surface area contributed by atoms with Crippen molar-refractivity contribution in [3.63, 3.8) is 0 Å². The van der Waals surface area contributed by atoms with E-state index in [0.717, 1.165) is 16.8 Å². The number of rotatable bonds is 3. The molecule has 0 unspecified atom stereocenters. The van der Waals surface area contributed by atoms with Crippen LogP contribution in [0.5, 0.6) is 0 Å². The molecule has 0 bridgehead atoms. The number of hydrogen-bond donors (Lipinski definition) is 0. The van der Waals surface area contributed by atoms with Crippen LogP contribution in [-0.4, -0.2) is 25.0 Å². The van der Waals surface area contributed by atoms with Crippen molar-refractivity contribution in [2.75, 3.05) is 18.1 Å². The number of nitrogens with zero attached hydrogens (tertiary/aromatic N) is 1. The largest absolute Gasteiger partial charge is 0.466 e. The van der Waals surface area contributed by atoms with Crippen molar-refractivity contribution in [3.8, 4) is 0 Å². The fourth-order valence-corrected chi connectivity index (χ4v) is 2.39. The van der Waals surface area contributed by atoms with Crippen LogP contribution < -0.4 is 4.90 Å². The van der Waals surface area contributed by atoms with E-state index in [1.165, 1.54) is 0 Å². The second-order valence-corrected chi connectivity index (χ2v) is 4.88. The summed E-state index contributed by atoms with van der Waals surface area (Å²) in [5.74, 6) is -0.622. The first kappa shape index (κ1) is 13.6. The lowest BCUT2D eigenvalue weighted by atomic mass is 10.1. The molecule has 1 aliphatic rings. The third kappa shape index (κ3) is 2.62. The van der Waals surface area contributed by atoms with E-state index in [1.54, 1.807) is 11.8 Å². The van der Waals surface area contributed by atoms with E-state index in [4.69, 9.17) is 4.74 Å². The monoisotopic (exact) mass is 261 g/mol. The molecule has 0 saturated carbocycles. The highest BCUT2D eigenvalue weighted by molar-refractivity contribution is 6.00. The van der Waals surface area contributed by atoms with Gasteiger partial charge >= 0.3 is 5.97 Å². The number of aryl methyl sites for hydroxylation is 1. The minimum absolute atomic E-state index is 0.00764. The maximum Gasteiger partial charge on any atom is 0.311 e. The summed E-state index contributed by atoms with van der Waals surface area (Å²) in [6.45, 7) is 6.56. The first-order valence-electron chi connectivity index (χ1n) is 6.57. The highest BCUT2D eigenvalue weighted by Gasteiger charge is 2.36. The second-order valence-electron chi connectivity index (χ2n) is 4.88. The summed E-state index contributed by atoms with van der Waals surface area (Å²) >= 11 is 0. The molecule has 4 nitrogen and oxygen atoms in total. The summed E-state index contributed by atoms with van der Waals surface area (Å²) in [6, 6.07) is 5.87. The standard InChI is InChI=1S/C15H19NO3/c1-4-19-15(18)12-8-14(17)16(9-12)13-7-5-6-10(2)11(13)3/h5-7,12H,4,8-9H2,1-3H3/t12-/m1/s1. The predicted molar refractivity (Wildman–Crippen MR) is 73.0 cm³/mol. The summed E-state index contributed by atoms with van der Waals surface area (Å²) in [5, 5.41) is 0. The molecule has 2 rings (SSSR count). The third-order valence-corrected chi connectivity index (χ3v) is 3.61. The average molecular weight is 261 g/mol. The van der Waals surface area contributed by atoms with Gasteiger partial charge in [-0.2, -0.15) is 0 Å². The molecule has 19 heavy (non-hydrogen) atoms. The predicted octanol–water partition coefficient (Wildman–Crippen LogP) is 2.22. The Labute approximate surface area is 113 Å². The van der Waals surface area contributed by atoms with Crippen molar-refractivity contribution in [1.82, 2.24) is 0 Å². The summed E-state index contributed by atoms with van der Waals surface area (Å²) in [4.78, 5) is 25.5. The van der Waals surface area contributed by atoms with Crippen LogP contribution in [0.25, 0.3) is 0 Å². The van der Waals surface area contributed by atoms with Gasteiger partial charge in [0.05, 0.1) is 12.5 Å². The third-order valence-electron chi connectivity index (χ3n) is 3.61. The van der Waals surface area contributed by atoms with Crippen molar-refractivity contribution in [1.29, 1.82) is 0 Å². The zero-order valence-electron chi connectivity index (χ0n) is 11.6. The minimum Gasteiger partial charge on any atom is -0.466 e. The van der Waals surface area contributed by atoms with Crippen molar-refractivity contribution in [2.24, 2.45) is 5.92 Å². The number of ether oxygens (including phenoxy) is 1. The quantitative estimate of drug-likeness (QED) is 0.784. The lowest BCUT2D eigenvalue weighted by molar-refractivity contribution is -0.147. The number of esters is 1. The van der Waals surface area contributed by atoms with Gasteiger partial charge < -0.3 is 9.64 Å². The molecule has 1 heterocycles. The van der Waals surface area contributed by atoms with Gasteiger partial charge in [0, 0.05) is 18.7 Å². The van der Waals surface area contributed by atoms with E-state index in [9.17, 15) is 9.59 Å². The van der Waals surface area contributed by atoms with Gasteiger partial charge in [-0.15, -0.1) is 0 Å². The first-order valence-corrected chi connectivity index (χ1v) is 6.57. The molecule has 4 heteroatoms. The van der Waals surface area contributed by atoms with Gasteiger partial charge in [-0.05, 0) is 38.0 Å². The van der Waals surface area contributed by atoms with Gasteiger partial charge in [0.2, 0.25) is 5.91 Å². The number of hydrogen-bond acceptors (Lipinski definition) is 3. The highest BCUT2D eigenvalue weighted by atomic mass is 16.5. The van der Waals surface area contributed by atoms with Crippen LogP contribution in [0, 0.1) is 19.8 Å². The summed E-state index contributed by atoms with van der Waals surface area (Å²) < 4.78 is 4.99. The van der Waals surface area contributed by atoms with Crippen LogP contribution in [0.4, 0.5) is 5.69 Å². The van der Waals surface area contributed by atoms with Crippen LogP contribution in [-0.2, 0) is 14.3 Å². The molecule has 1 aromatic rings. The number of amides is 1. The Hall–Kier alpha value is -1.84. The molecule has 1 amide bonds. The lowest BCUT2D eigenvalue weighted by Crippen LogP contribution is -2.27. The van der Waals surface area contributed by atoms with Crippen LogP contribution in [0.3, 0.4) is 0 Å². The molecule has 0 aliphatic carbocycles. The molecular weight excluding hydrogens is 242 g/mol. The van der Waals surface area contributed by atoms with E-state index in [1.807, 2.05) is 32.0 Å². The zero-order valence-corrected chi connectivity index (χ0v) is 11.6. The molecular formula is C15H19NO3. The first-order chi connectivity index (χ1) is 9.04. The van der Waals surface area contributed by atoms with Crippen LogP contribution in [0.2, 0.25) is 0 Å². The molecule has 0 radical (unpaired) electrons. The van der Waals surface area contributed by atoms with Gasteiger partial charge in [-0.25, -0.2) is 0 Å². The number of anilines is 1. The number of carbonyl (C=O) groups is 2. The highest BCUT2D eigenvalue weighted by Crippen LogP contribution is 2.29. The van der Waals surface area contributed by atoms with E-state index >= 15 is 0 Å². The van der Waals surface area contributed by atoms with E-state index in [2.05, 4.69) is 0 Å². The second kappa shape index (κ2) is 5.43. The fraction of sp³-hybridized carbons (Fsp3) is 0.467. The van der Waals surface area contributed by atoms with Crippen LogP contribution in [0.1, 0.15) is 24.5 Å². The summed E-state index contributed by atoms with van der Waals surface area (Å²) in [7, 11) is 0. The summed E-state index contributed by atoms with van der Waals surface area (Å²) in [5.41, 5.74) is 3.13. The molecule has 1 fully saturated rings.